The first kappa shape index (κ1) is 30.3. The smallest absolute Gasteiger partial charge is 0.326 e. The molecule has 0 spiro atoms. The molecule has 0 aliphatic carbocycles. The third-order valence-electron chi connectivity index (χ3n) is 5.83. The maximum atomic E-state index is 13.1. The molecule has 1 aliphatic heterocycles. The minimum atomic E-state index is -1.34. The van der Waals surface area contributed by atoms with E-state index < -0.39 is 41.8 Å². The van der Waals surface area contributed by atoms with E-state index in [2.05, 4.69) is 21.3 Å². The Morgan fingerprint density at radius 2 is 1.37 bits per heavy atom. The molecule has 0 bridgehead atoms. The van der Waals surface area contributed by atoms with E-state index in [1.54, 1.807) is 0 Å². The molecule has 1 rings (SSSR count). The second kappa shape index (κ2) is 16.8. The first-order valence-corrected chi connectivity index (χ1v) is 12.2. The van der Waals surface area contributed by atoms with Crippen molar-refractivity contribution in [2.45, 2.75) is 88.4 Å². The summed E-state index contributed by atoms with van der Waals surface area (Å²) in [5.41, 5.74) is 16.2. The van der Waals surface area contributed by atoms with E-state index in [0.29, 0.717) is 51.6 Å². The van der Waals surface area contributed by atoms with Crippen molar-refractivity contribution in [2.24, 2.45) is 17.2 Å². The van der Waals surface area contributed by atoms with Crippen LogP contribution in [0, 0.1) is 0 Å². The van der Waals surface area contributed by atoms with Gasteiger partial charge in [-0.05, 0) is 77.4 Å². The maximum Gasteiger partial charge on any atom is 0.326 e. The van der Waals surface area contributed by atoms with Crippen LogP contribution in [0.2, 0.25) is 0 Å². The molecule has 13 heteroatoms. The molecule has 4 amide bonds. The van der Waals surface area contributed by atoms with Crippen LogP contribution >= 0.6 is 0 Å². The Morgan fingerprint density at radius 3 is 1.83 bits per heavy atom. The van der Waals surface area contributed by atoms with Gasteiger partial charge in [0.2, 0.25) is 23.6 Å². The van der Waals surface area contributed by atoms with Crippen LogP contribution in [-0.4, -0.2) is 78.5 Å². The Hall–Kier alpha value is -2.77. The number of amides is 4. The number of unbranched alkanes of at least 4 members (excludes halogenated alkanes) is 2. The van der Waals surface area contributed by atoms with Crippen molar-refractivity contribution in [3.8, 4) is 0 Å². The number of aliphatic carboxylic acids is 1. The molecule has 1 aliphatic rings. The molecule has 0 aromatic heterocycles. The fourth-order valence-electron chi connectivity index (χ4n) is 3.79. The van der Waals surface area contributed by atoms with Gasteiger partial charge in [0, 0.05) is 6.42 Å². The summed E-state index contributed by atoms with van der Waals surface area (Å²) in [6.45, 7) is 1.56. The summed E-state index contributed by atoms with van der Waals surface area (Å²) in [5.74, 6) is -3.52. The second-order valence-electron chi connectivity index (χ2n) is 8.74. The molecule has 4 unspecified atom stereocenters. The highest BCUT2D eigenvalue weighted by Crippen LogP contribution is 2.09. The van der Waals surface area contributed by atoms with Gasteiger partial charge in [-0.25, -0.2) is 4.79 Å². The molecule has 1 fully saturated rings. The molecule has 0 radical (unpaired) electrons. The van der Waals surface area contributed by atoms with Crippen LogP contribution < -0.4 is 38.5 Å². The van der Waals surface area contributed by atoms with E-state index >= 15 is 0 Å². The van der Waals surface area contributed by atoms with Crippen molar-refractivity contribution in [3.63, 3.8) is 0 Å². The summed E-state index contributed by atoms with van der Waals surface area (Å²) in [7, 11) is 0. The van der Waals surface area contributed by atoms with E-state index in [0.717, 1.165) is 13.0 Å². The van der Waals surface area contributed by atoms with Gasteiger partial charge in [0.25, 0.3) is 0 Å². The van der Waals surface area contributed by atoms with E-state index in [-0.39, 0.29) is 31.2 Å². The predicted molar refractivity (Wildman–Crippen MR) is 129 cm³/mol. The van der Waals surface area contributed by atoms with Crippen LogP contribution in [0.25, 0.3) is 0 Å². The normalized spacial score (nSPS) is 17.7. The predicted octanol–water partition coefficient (Wildman–Crippen LogP) is -2.20. The van der Waals surface area contributed by atoms with Crippen LogP contribution in [0.1, 0.15) is 64.2 Å². The number of carboxylic acid groups (broad SMARTS) is 1. The SMILES string of the molecule is NCCCCC(NC(=O)C(CCCCN)NC(=O)C1CCCN1)C(=O)NC(CCC(N)=O)C(=O)O. The Labute approximate surface area is 205 Å². The van der Waals surface area contributed by atoms with Crippen molar-refractivity contribution in [1.82, 2.24) is 21.3 Å². The number of carbonyl (C=O) groups is 5. The lowest BCUT2D eigenvalue weighted by molar-refractivity contribution is -0.142. The van der Waals surface area contributed by atoms with Gasteiger partial charge < -0.3 is 43.6 Å². The lowest BCUT2D eigenvalue weighted by Crippen LogP contribution is -2.57. The number of nitrogens with two attached hydrogens (primary N) is 3. The minimum absolute atomic E-state index is 0.175. The zero-order valence-corrected chi connectivity index (χ0v) is 20.2. The fourth-order valence-corrected chi connectivity index (χ4v) is 3.79. The van der Waals surface area contributed by atoms with Gasteiger partial charge in [0.1, 0.15) is 18.1 Å². The third kappa shape index (κ3) is 12.0. The van der Waals surface area contributed by atoms with E-state index in [1.807, 2.05) is 0 Å². The fraction of sp³-hybridized carbons (Fsp3) is 0.773. The standard InChI is InChI=1S/C22H41N7O6/c23-11-3-1-6-15(27-19(31)14-8-5-13-26-14)20(32)28-16(7-2-4-12-24)21(33)29-17(22(34)35)9-10-18(25)30/h14-17,26H,1-13,23-24H2,(H2,25,30)(H,27,31)(H,28,32)(H,29,33)(H,34,35). The molecule has 35 heavy (non-hydrogen) atoms. The van der Waals surface area contributed by atoms with Crippen molar-refractivity contribution >= 4 is 29.6 Å². The molecule has 13 nitrogen and oxygen atoms in total. The number of hydrogen-bond acceptors (Lipinski definition) is 8. The molecular weight excluding hydrogens is 458 g/mol. The molecule has 0 aromatic carbocycles. The Balaban J connectivity index is 2.91. The van der Waals surface area contributed by atoms with Crippen LogP contribution in [0.4, 0.5) is 0 Å². The molecule has 0 saturated carbocycles. The largest absolute Gasteiger partial charge is 0.480 e. The minimum Gasteiger partial charge on any atom is -0.480 e. The van der Waals surface area contributed by atoms with E-state index in [1.165, 1.54) is 0 Å². The molecule has 1 heterocycles. The summed E-state index contributed by atoms with van der Waals surface area (Å²) in [5, 5.41) is 20.3. The van der Waals surface area contributed by atoms with E-state index in [4.69, 9.17) is 17.2 Å². The van der Waals surface area contributed by atoms with Gasteiger partial charge in [0.05, 0.1) is 6.04 Å². The maximum absolute atomic E-state index is 13.1. The van der Waals surface area contributed by atoms with Crippen molar-refractivity contribution in [1.29, 1.82) is 0 Å². The summed E-state index contributed by atoms with van der Waals surface area (Å²) in [6, 6.07) is -3.61. The van der Waals surface area contributed by atoms with Crippen LogP contribution in [0.3, 0.4) is 0 Å². The summed E-state index contributed by atoms with van der Waals surface area (Å²) < 4.78 is 0. The molecule has 1 saturated heterocycles. The van der Waals surface area contributed by atoms with Gasteiger partial charge in [0.15, 0.2) is 0 Å². The molecule has 11 N–H and O–H groups in total. The topological polar surface area (TPSA) is 232 Å². The number of nitrogens with one attached hydrogen (secondary N) is 4. The van der Waals surface area contributed by atoms with Gasteiger partial charge in [-0.2, -0.15) is 0 Å². The lowest BCUT2D eigenvalue weighted by atomic mass is 10.0. The van der Waals surface area contributed by atoms with Gasteiger partial charge in [-0.15, -0.1) is 0 Å². The molecule has 200 valence electrons. The van der Waals surface area contributed by atoms with Crippen LogP contribution in [-0.2, 0) is 24.0 Å². The van der Waals surface area contributed by atoms with E-state index in [9.17, 15) is 29.1 Å². The first-order chi connectivity index (χ1) is 16.7. The zero-order valence-electron chi connectivity index (χ0n) is 20.2. The number of hydrogen-bond donors (Lipinski definition) is 8. The Morgan fingerprint density at radius 1 is 0.829 bits per heavy atom. The monoisotopic (exact) mass is 499 g/mol. The number of rotatable bonds is 18. The highest BCUT2D eigenvalue weighted by molar-refractivity contribution is 5.94. The van der Waals surface area contributed by atoms with Crippen molar-refractivity contribution < 1.29 is 29.1 Å². The quantitative estimate of drug-likeness (QED) is 0.0954. The average molecular weight is 500 g/mol. The highest BCUT2D eigenvalue weighted by atomic mass is 16.4. The van der Waals surface area contributed by atoms with Crippen LogP contribution in [0.5, 0.6) is 0 Å². The zero-order chi connectivity index (χ0) is 26.2. The van der Waals surface area contributed by atoms with Crippen LogP contribution in [0.15, 0.2) is 0 Å². The highest BCUT2D eigenvalue weighted by Gasteiger charge is 2.31. The Bertz CT molecular complexity index is 714. The average Bonchev–Trinajstić information content (AvgIpc) is 3.35. The van der Waals surface area contributed by atoms with Crippen molar-refractivity contribution in [3.05, 3.63) is 0 Å². The van der Waals surface area contributed by atoms with Gasteiger partial charge in [-0.1, -0.05) is 0 Å². The molecular formula is C22H41N7O6. The number of carbonyl (C=O) groups excluding carboxylic acids is 4. The third-order valence-corrected chi connectivity index (χ3v) is 5.83. The van der Waals surface area contributed by atoms with Gasteiger partial charge >= 0.3 is 5.97 Å². The molecule has 0 aromatic rings. The first-order valence-electron chi connectivity index (χ1n) is 12.2. The molecule has 4 atom stereocenters. The van der Waals surface area contributed by atoms with Gasteiger partial charge in [-0.3, -0.25) is 19.2 Å². The summed E-state index contributed by atoms with van der Waals surface area (Å²) >= 11 is 0. The Kier molecular flexibility index (Phi) is 14.5. The number of carboxylic acids is 1. The van der Waals surface area contributed by atoms with Crippen molar-refractivity contribution in [2.75, 3.05) is 19.6 Å². The summed E-state index contributed by atoms with van der Waals surface area (Å²) in [6.07, 6.45) is 4.11. The second-order valence-corrected chi connectivity index (χ2v) is 8.74. The summed E-state index contributed by atoms with van der Waals surface area (Å²) in [4.78, 5) is 61.2. The number of primary amides is 1. The lowest BCUT2D eigenvalue weighted by Gasteiger charge is -2.25.